The van der Waals surface area contributed by atoms with Gasteiger partial charge in [-0.1, -0.05) is 0 Å². The Morgan fingerprint density at radius 3 is 2.20 bits per heavy atom. The molecule has 7 heteroatoms. The molecule has 0 amide bonds. The first-order valence-electron chi connectivity index (χ1n) is 5.73. The van der Waals surface area contributed by atoms with E-state index in [1.165, 1.54) is 27.3 Å². The predicted octanol–water partition coefficient (Wildman–Crippen LogP) is 3.31. The van der Waals surface area contributed by atoms with Crippen molar-refractivity contribution in [2.45, 2.75) is 6.18 Å². The van der Waals surface area contributed by atoms with Gasteiger partial charge in [-0.15, -0.1) is 0 Å². The number of nitrogens with one attached hydrogen (secondary N) is 1. The molecule has 2 aromatic rings. The molecule has 0 saturated heterocycles. The number of alkyl halides is 3. The zero-order valence-corrected chi connectivity index (χ0v) is 11.1. The van der Waals surface area contributed by atoms with Gasteiger partial charge in [0.2, 0.25) is 0 Å². The molecule has 2 rings (SSSR count). The van der Waals surface area contributed by atoms with E-state index in [-0.39, 0.29) is 17.0 Å². The molecule has 0 radical (unpaired) electrons. The summed E-state index contributed by atoms with van der Waals surface area (Å²) in [6, 6.07) is 4.09. The fraction of sp³-hybridized carbons (Fsp3) is 0.308. The molecule has 1 N–H and O–H groups in total. The fourth-order valence-corrected chi connectivity index (χ4v) is 1.96. The molecule has 0 spiro atoms. The van der Waals surface area contributed by atoms with Gasteiger partial charge in [0.25, 0.3) is 0 Å². The Hall–Kier alpha value is -2.18. The Morgan fingerprint density at radius 1 is 1.10 bits per heavy atom. The lowest BCUT2D eigenvalue weighted by Crippen LogP contribution is -2.10. The highest BCUT2D eigenvalue weighted by atomic mass is 19.4. The first kappa shape index (κ1) is 14.2. The number of methoxy groups -OCH3 is 2. The number of fused-ring (bicyclic) bond motifs is 1. The van der Waals surface area contributed by atoms with E-state index in [1.54, 1.807) is 6.07 Å². The molecule has 0 fully saturated rings. The molecule has 0 aliphatic heterocycles. The van der Waals surface area contributed by atoms with E-state index >= 15 is 0 Å². The average molecular weight is 286 g/mol. The summed E-state index contributed by atoms with van der Waals surface area (Å²) in [6.45, 7) is 0. The summed E-state index contributed by atoms with van der Waals surface area (Å²) >= 11 is 0. The van der Waals surface area contributed by atoms with Crippen molar-refractivity contribution in [1.82, 2.24) is 4.98 Å². The molecule has 1 aromatic carbocycles. The number of hydrogen-bond acceptors (Lipinski definition) is 4. The minimum atomic E-state index is -4.53. The van der Waals surface area contributed by atoms with Crippen LogP contribution in [0.3, 0.4) is 0 Å². The van der Waals surface area contributed by atoms with Crippen molar-refractivity contribution in [1.29, 1.82) is 0 Å². The molecule has 108 valence electrons. The largest absolute Gasteiger partial charge is 0.496 e. The van der Waals surface area contributed by atoms with Crippen LogP contribution < -0.4 is 14.8 Å². The lowest BCUT2D eigenvalue weighted by atomic mass is 10.1. The van der Waals surface area contributed by atoms with E-state index in [2.05, 4.69) is 10.3 Å². The number of anilines is 1. The highest BCUT2D eigenvalue weighted by Crippen LogP contribution is 2.40. The van der Waals surface area contributed by atoms with Crippen LogP contribution in [-0.4, -0.2) is 26.3 Å². The summed E-state index contributed by atoms with van der Waals surface area (Å²) in [4.78, 5) is 3.66. The monoisotopic (exact) mass is 286 g/mol. The second-order valence-corrected chi connectivity index (χ2v) is 4.00. The zero-order chi connectivity index (χ0) is 14.9. The number of hydrogen-bond donors (Lipinski definition) is 1. The smallest absolute Gasteiger partial charge is 0.433 e. The van der Waals surface area contributed by atoms with Gasteiger partial charge in [-0.05, 0) is 18.2 Å². The van der Waals surface area contributed by atoms with E-state index in [1.807, 2.05) is 0 Å². The number of rotatable bonds is 3. The molecule has 0 saturated carbocycles. The molecule has 0 unspecified atom stereocenters. The van der Waals surface area contributed by atoms with Crippen LogP contribution in [0.5, 0.6) is 11.5 Å². The molecule has 1 aromatic heterocycles. The highest BCUT2D eigenvalue weighted by Gasteiger charge is 2.34. The van der Waals surface area contributed by atoms with Crippen molar-refractivity contribution in [2.24, 2.45) is 0 Å². The molecule has 20 heavy (non-hydrogen) atoms. The summed E-state index contributed by atoms with van der Waals surface area (Å²) in [5, 5.41) is 3.18. The zero-order valence-electron chi connectivity index (χ0n) is 11.1. The van der Waals surface area contributed by atoms with Crippen molar-refractivity contribution < 1.29 is 22.6 Å². The lowest BCUT2D eigenvalue weighted by Gasteiger charge is -2.15. The van der Waals surface area contributed by atoms with Crippen molar-refractivity contribution in [2.75, 3.05) is 26.6 Å². The summed E-state index contributed by atoms with van der Waals surface area (Å²) < 4.78 is 48.9. The van der Waals surface area contributed by atoms with Crippen LogP contribution in [0.15, 0.2) is 18.2 Å². The Balaban J connectivity index is 2.89. The third-order valence-electron chi connectivity index (χ3n) is 2.88. The van der Waals surface area contributed by atoms with Crippen molar-refractivity contribution >= 4 is 16.6 Å². The number of pyridine rings is 1. The maximum Gasteiger partial charge on any atom is 0.433 e. The van der Waals surface area contributed by atoms with Gasteiger partial charge in [-0.2, -0.15) is 13.2 Å². The maximum absolute atomic E-state index is 12.9. The van der Waals surface area contributed by atoms with E-state index in [4.69, 9.17) is 9.47 Å². The fourth-order valence-electron chi connectivity index (χ4n) is 1.96. The number of benzene rings is 1. The van der Waals surface area contributed by atoms with Gasteiger partial charge in [0.05, 0.1) is 19.6 Å². The number of aromatic nitrogens is 1. The third kappa shape index (κ3) is 2.31. The van der Waals surface area contributed by atoms with E-state index in [0.717, 1.165) is 6.07 Å². The Morgan fingerprint density at radius 2 is 1.70 bits per heavy atom. The van der Waals surface area contributed by atoms with E-state index in [0.29, 0.717) is 11.1 Å². The SMILES string of the molecule is CNc1cc(C(F)(F)F)nc2c(OC)ccc(OC)c12. The van der Waals surface area contributed by atoms with Crippen LogP contribution in [0.25, 0.3) is 10.9 Å². The van der Waals surface area contributed by atoms with Gasteiger partial charge >= 0.3 is 6.18 Å². The molecule has 0 bridgehead atoms. The maximum atomic E-state index is 12.9. The predicted molar refractivity (Wildman–Crippen MR) is 69.4 cm³/mol. The van der Waals surface area contributed by atoms with Gasteiger partial charge in [0, 0.05) is 12.7 Å². The van der Waals surface area contributed by atoms with Crippen LogP contribution in [0.2, 0.25) is 0 Å². The summed E-state index contributed by atoms with van der Waals surface area (Å²) in [5.41, 5.74) is -0.606. The van der Waals surface area contributed by atoms with Gasteiger partial charge in [0.1, 0.15) is 22.7 Å². The van der Waals surface area contributed by atoms with Crippen molar-refractivity contribution in [3.8, 4) is 11.5 Å². The van der Waals surface area contributed by atoms with Gasteiger partial charge in [0.15, 0.2) is 0 Å². The first-order valence-corrected chi connectivity index (χ1v) is 5.73. The molecule has 1 heterocycles. The molecule has 0 aliphatic rings. The lowest BCUT2D eigenvalue weighted by molar-refractivity contribution is -0.140. The number of nitrogens with zero attached hydrogens (tertiary/aromatic N) is 1. The molecule has 4 nitrogen and oxygen atoms in total. The second-order valence-electron chi connectivity index (χ2n) is 4.00. The van der Waals surface area contributed by atoms with Gasteiger partial charge in [-0.25, -0.2) is 4.98 Å². The summed E-state index contributed by atoms with van der Waals surface area (Å²) in [5.74, 6) is 0.676. The minimum Gasteiger partial charge on any atom is -0.496 e. The van der Waals surface area contributed by atoms with Crippen LogP contribution in [0.1, 0.15) is 5.69 Å². The quantitative estimate of drug-likeness (QED) is 0.940. The van der Waals surface area contributed by atoms with Crippen LogP contribution in [0.4, 0.5) is 18.9 Å². The Labute approximate surface area is 113 Å². The average Bonchev–Trinajstić information content (AvgIpc) is 2.43. The topological polar surface area (TPSA) is 43.4 Å². The normalized spacial score (nSPS) is 11.5. The standard InChI is InChI=1S/C13H13F3N2O2/c1-17-7-6-10(13(14,15)16)18-12-9(20-3)5-4-8(19-2)11(7)12/h4-6H,1-3H3,(H,17,18). The van der Waals surface area contributed by atoms with Crippen LogP contribution >= 0.6 is 0 Å². The molecule has 0 aliphatic carbocycles. The van der Waals surface area contributed by atoms with Crippen LogP contribution in [-0.2, 0) is 6.18 Å². The van der Waals surface area contributed by atoms with Gasteiger partial charge < -0.3 is 14.8 Å². The number of halogens is 3. The minimum absolute atomic E-state index is 0.103. The summed E-state index contributed by atoms with van der Waals surface area (Å²) in [7, 11) is 4.36. The Bertz CT molecular complexity index is 642. The highest BCUT2D eigenvalue weighted by molar-refractivity contribution is 6.00. The number of ether oxygens (including phenoxy) is 2. The van der Waals surface area contributed by atoms with E-state index < -0.39 is 11.9 Å². The van der Waals surface area contributed by atoms with Crippen molar-refractivity contribution in [3.05, 3.63) is 23.9 Å². The Kier molecular flexibility index (Phi) is 3.61. The molecular formula is C13H13F3N2O2. The second kappa shape index (κ2) is 5.07. The third-order valence-corrected chi connectivity index (χ3v) is 2.88. The van der Waals surface area contributed by atoms with Gasteiger partial charge in [-0.3, -0.25) is 0 Å². The van der Waals surface area contributed by atoms with Crippen molar-refractivity contribution in [3.63, 3.8) is 0 Å². The summed E-state index contributed by atoms with van der Waals surface area (Å²) in [6.07, 6.45) is -4.53. The van der Waals surface area contributed by atoms with E-state index in [9.17, 15) is 13.2 Å². The van der Waals surface area contributed by atoms with Crippen LogP contribution in [0, 0.1) is 0 Å². The molecular weight excluding hydrogens is 273 g/mol. The molecule has 0 atom stereocenters. The first-order chi connectivity index (χ1) is 9.42.